The van der Waals surface area contributed by atoms with E-state index in [4.69, 9.17) is 4.74 Å². The van der Waals surface area contributed by atoms with Crippen molar-refractivity contribution in [3.05, 3.63) is 34.8 Å². The Morgan fingerprint density at radius 3 is 2.70 bits per heavy atom. The molecule has 1 aliphatic rings. The van der Waals surface area contributed by atoms with Crippen molar-refractivity contribution in [1.82, 2.24) is 4.90 Å². The number of ether oxygens (including phenoxy) is 1. The molecule has 5 nitrogen and oxygen atoms in total. The summed E-state index contributed by atoms with van der Waals surface area (Å²) in [6.45, 7) is 6.57. The Hall–Kier alpha value is -1.92. The molecule has 0 aliphatic carbocycles. The molecule has 1 aromatic heterocycles. The molecule has 1 amide bonds. The molecule has 1 atom stereocenters. The molecule has 0 bridgehead atoms. The Kier molecular flexibility index (Phi) is 4.50. The van der Waals surface area contributed by atoms with Gasteiger partial charge >= 0.3 is 6.09 Å². The standard InChI is InChI=1S/C16H22F2N2O3/c1-11-9-12(5-7-20(11)22)13-10-19(8-6-16(13,17)18)14(21)23-15(2,3)4/h5,7,9,13H,6,8,10H2,1-4H3. The molecule has 0 N–H and O–H groups in total. The third-order valence-corrected chi connectivity index (χ3v) is 3.81. The summed E-state index contributed by atoms with van der Waals surface area (Å²) in [5.74, 6) is -4.08. The summed E-state index contributed by atoms with van der Waals surface area (Å²) in [4.78, 5) is 13.4. The minimum Gasteiger partial charge on any atom is -0.619 e. The number of piperidine rings is 1. The molecule has 1 fully saturated rings. The summed E-state index contributed by atoms with van der Waals surface area (Å²) in [5, 5.41) is 11.4. The van der Waals surface area contributed by atoms with Crippen LogP contribution in [0.1, 0.15) is 44.4 Å². The summed E-state index contributed by atoms with van der Waals surface area (Å²) in [5.41, 5.74) is 0.0183. The first-order valence-corrected chi connectivity index (χ1v) is 7.55. The highest BCUT2D eigenvalue weighted by molar-refractivity contribution is 5.68. The van der Waals surface area contributed by atoms with E-state index in [1.54, 1.807) is 27.7 Å². The number of likely N-dealkylation sites (tertiary alicyclic amines) is 1. The Morgan fingerprint density at radius 2 is 2.13 bits per heavy atom. The molecule has 0 saturated carbocycles. The maximum Gasteiger partial charge on any atom is 0.410 e. The number of aryl methyl sites for hydroxylation is 1. The molecule has 2 rings (SSSR count). The molecule has 2 heterocycles. The minimum atomic E-state index is -2.93. The third kappa shape index (κ3) is 4.09. The van der Waals surface area contributed by atoms with Gasteiger partial charge in [0.1, 0.15) is 5.60 Å². The number of carbonyl (C=O) groups excluding carboxylic acids is 1. The number of halogens is 2. The molecule has 128 valence electrons. The first-order chi connectivity index (χ1) is 10.5. The number of nitrogens with zero attached hydrogens (tertiary/aromatic N) is 2. The second-order valence-corrected chi connectivity index (χ2v) is 6.92. The van der Waals surface area contributed by atoms with Crippen molar-refractivity contribution >= 4 is 6.09 Å². The van der Waals surface area contributed by atoms with Crippen LogP contribution in [0.5, 0.6) is 0 Å². The van der Waals surface area contributed by atoms with Gasteiger partial charge in [0, 0.05) is 38.6 Å². The SMILES string of the molecule is Cc1cc(C2CN(C(=O)OC(C)(C)C)CCC2(F)F)cc[n+]1[O-]. The lowest BCUT2D eigenvalue weighted by Gasteiger charge is -2.38. The van der Waals surface area contributed by atoms with Gasteiger partial charge in [-0.25, -0.2) is 13.6 Å². The van der Waals surface area contributed by atoms with Crippen molar-refractivity contribution < 1.29 is 23.0 Å². The molecular formula is C16H22F2N2O3. The highest BCUT2D eigenvalue weighted by Gasteiger charge is 2.46. The molecule has 0 spiro atoms. The van der Waals surface area contributed by atoms with Crippen LogP contribution >= 0.6 is 0 Å². The van der Waals surface area contributed by atoms with Crippen LogP contribution in [0.15, 0.2) is 18.3 Å². The fourth-order valence-electron chi connectivity index (χ4n) is 2.59. The zero-order chi connectivity index (χ0) is 17.4. The topological polar surface area (TPSA) is 56.5 Å². The number of carbonyl (C=O) groups is 1. The van der Waals surface area contributed by atoms with Crippen molar-refractivity contribution in [2.75, 3.05) is 13.1 Å². The number of aromatic nitrogens is 1. The van der Waals surface area contributed by atoms with Gasteiger partial charge in [0.25, 0.3) is 5.92 Å². The van der Waals surface area contributed by atoms with Gasteiger partial charge in [0.15, 0.2) is 11.9 Å². The lowest BCUT2D eigenvalue weighted by molar-refractivity contribution is -0.612. The highest BCUT2D eigenvalue weighted by Crippen LogP contribution is 2.40. The molecule has 1 saturated heterocycles. The molecule has 1 aromatic rings. The predicted octanol–water partition coefficient (Wildman–Crippen LogP) is 2.99. The highest BCUT2D eigenvalue weighted by atomic mass is 19.3. The number of pyridine rings is 1. The monoisotopic (exact) mass is 328 g/mol. The zero-order valence-electron chi connectivity index (χ0n) is 13.8. The molecule has 7 heteroatoms. The van der Waals surface area contributed by atoms with E-state index in [0.717, 1.165) is 0 Å². The molecular weight excluding hydrogens is 306 g/mol. The number of rotatable bonds is 1. The number of hydrogen-bond acceptors (Lipinski definition) is 3. The van der Waals surface area contributed by atoms with Gasteiger partial charge in [-0.3, -0.25) is 0 Å². The van der Waals surface area contributed by atoms with Gasteiger partial charge in [-0.1, -0.05) is 0 Å². The van der Waals surface area contributed by atoms with Crippen LogP contribution in [-0.2, 0) is 4.74 Å². The molecule has 0 aromatic carbocycles. The van der Waals surface area contributed by atoms with Crippen LogP contribution < -0.4 is 4.73 Å². The summed E-state index contributed by atoms with van der Waals surface area (Å²) in [6, 6.07) is 2.83. The third-order valence-electron chi connectivity index (χ3n) is 3.81. The maximum absolute atomic E-state index is 14.3. The Morgan fingerprint density at radius 1 is 1.48 bits per heavy atom. The Labute approximate surface area is 134 Å². The van der Waals surface area contributed by atoms with Crippen LogP contribution in [0.25, 0.3) is 0 Å². The van der Waals surface area contributed by atoms with Gasteiger partial charge in [0.2, 0.25) is 0 Å². The quantitative estimate of drug-likeness (QED) is 0.588. The van der Waals surface area contributed by atoms with Gasteiger partial charge in [0.05, 0.1) is 5.92 Å². The van der Waals surface area contributed by atoms with Crippen LogP contribution in [0, 0.1) is 12.1 Å². The molecule has 1 aliphatic heterocycles. The van der Waals surface area contributed by atoms with Gasteiger partial charge in [-0.15, -0.1) is 0 Å². The van der Waals surface area contributed by atoms with Crippen molar-refractivity contribution in [2.45, 2.75) is 51.6 Å². The van der Waals surface area contributed by atoms with Gasteiger partial charge in [-0.05, 0) is 26.3 Å². The predicted molar refractivity (Wildman–Crippen MR) is 80.3 cm³/mol. The van der Waals surface area contributed by atoms with Gasteiger partial charge in [-0.2, -0.15) is 4.73 Å². The largest absolute Gasteiger partial charge is 0.619 e. The van der Waals surface area contributed by atoms with Crippen LogP contribution in [-0.4, -0.2) is 35.6 Å². The maximum atomic E-state index is 14.3. The first kappa shape index (κ1) is 17.4. The normalized spacial score (nSPS) is 21.1. The zero-order valence-corrected chi connectivity index (χ0v) is 13.8. The second kappa shape index (κ2) is 5.94. The van der Waals surface area contributed by atoms with E-state index < -0.39 is 30.0 Å². The Bertz CT molecular complexity index is 599. The van der Waals surface area contributed by atoms with Gasteiger partial charge < -0.3 is 14.8 Å². The smallest absolute Gasteiger partial charge is 0.410 e. The second-order valence-electron chi connectivity index (χ2n) is 6.92. The van der Waals surface area contributed by atoms with Crippen molar-refractivity contribution in [3.63, 3.8) is 0 Å². The molecule has 23 heavy (non-hydrogen) atoms. The lowest BCUT2D eigenvalue weighted by atomic mass is 9.87. The summed E-state index contributed by atoms with van der Waals surface area (Å²) >= 11 is 0. The van der Waals surface area contributed by atoms with Crippen molar-refractivity contribution in [3.8, 4) is 0 Å². The first-order valence-electron chi connectivity index (χ1n) is 7.55. The van der Waals surface area contributed by atoms with Crippen LogP contribution in [0.2, 0.25) is 0 Å². The van der Waals surface area contributed by atoms with E-state index in [9.17, 15) is 18.8 Å². The summed E-state index contributed by atoms with van der Waals surface area (Å²) in [7, 11) is 0. The fraction of sp³-hybridized carbons (Fsp3) is 0.625. The average Bonchev–Trinajstić information content (AvgIpc) is 2.39. The molecule has 0 radical (unpaired) electrons. The van der Waals surface area contributed by atoms with Crippen LogP contribution in [0.3, 0.4) is 0 Å². The van der Waals surface area contributed by atoms with Crippen LogP contribution in [0.4, 0.5) is 13.6 Å². The summed E-state index contributed by atoms with van der Waals surface area (Å²) in [6.07, 6.45) is 0.194. The minimum absolute atomic E-state index is 0.0498. The van der Waals surface area contributed by atoms with E-state index in [2.05, 4.69) is 0 Å². The number of alkyl halides is 2. The van der Waals surface area contributed by atoms with E-state index in [1.807, 2.05) is 0 Å². The fourth-order valence-corrected chi connectivity index (χ4v) is 2.59. The van der Waals surface area contributed by atoms with E-state index in [0.29, 0.717) is 16.0 Å². The lowest BCUT2D eigenvalue weighted by Crippen LogP contribution is -2.49. The summed E-state index contributed by atoms with van der Waals surface area (Å²) < 4.78 is 34.5. The van der Waals surface area contributed by atoms with Crippen molar-refractivity contribution in [2.24, 2.45) is 0 Å². The average molecular weight is 328 g/mol. The Balaban J connectivity index is 2.22. The molecule has 1 unspecified atom stereocenters. The van der Waals surface area contributed by atoms with E-state index in [-0.39, 0.29) is 13.1 Å². The van der Waals surface area contributed by atoms with E-state index >= 15 is 0 Å². The van der Waals surface area contributed by atoms with Crippen molar-refractivity contribution in [1.29, 1.82) is 0 Å². The number of amides is 1. The van der Waals surface area contributed by atoms with E-state index in [1.165, 1.54) is 23.2 Å². The number of hydrogen-bond donors (Lipinski definition) is 0.